The van der Waals surface area contributed by atoms with E-state index in [9.17, 15) is 22.0 Å². The highest BCUT2D eigenvalue weighted by atomic mass is 19.4. The van der Waals surface area contributed by atoms with Gasteiger partial charge in [-0.05, 0) is 91.7 Å². The minimum atomic E-state index is -4.84. The molecular weight excluding hydrogens is 447 g/mol. The number of rotatable bonds is 8. The Morgan fingerprint density at radius 1 is 0.853 bits per heavy atom. The molecule has 0 heterocycles. The van der Waals surface area contributed by atoms with Gasteiger partial charge in [-0.15, -0.1) is 13.2 Å². The Labute approximate surface area is 200 Å². The van der Waals surface area contributed by atoms with E-state index in [4.69, 9.17) is 0 Å². The van der Waals surface area contributed by atoms with Gasteiger partial charge in [-0.25, -0.2) is 8.78 Å². The van der Waals surface area contributed by atoms with Crippen molar-refractivity contribution in [3.63, 3.8) is 0 Å². The zero-order valence-corrected chi connectivity index (χ0v) is 20.3. The molecule has 3 aliphatic rings. The van der Waals surface area contributed by atoms with Crippen LogP contribution in [-0.2, 0) is 11.2 Å². The van der Waals surface area contributed by atoms with Crippen molar-refractivity contribution in [3.8, 4) is 0 Å². The van der Waals surface area contributed by atoms with Crippen molar-refractivity contribution in [1.29, 1.82) is 0 Å². The molecule has 0 saturated heterocycles. The summed E-state index contributed by atoms with van der Waals surface area (Å²) in [4.78, 5) is 0. The first-order chi connectivity index (χ1) is 16.2. The molecule has 0 aromatic heterocycles. The largest absolute Gasteiger partial charge is 0.523 e. The lowest BCUT2D eigenvalue weighted by atomic mass is 9.60. The number of hydrogen-bond donors (Lipinski definition) is 0. The van der Waals surface area contributed by atoms with E-state index in [0.717, 1.165) is 43.7 Å². The summed E-state index contributed by atoms with van der Waals surface area (Å²) < 4.78 is 72.9. The molecule has 0 N–H and O–H groups in total. The molecular formula is C28H39F5O. The van der Waals surface area contributed by atoms with Crippen molar-refractivity contribution < 1.29 is 26.7 Å². The third-order valence-electron chi connectivity index (χ3n) is 8.96. The second kappa shape index (κ2) is 11.3. The van der Waals surface area contributed by atoms with Crippen LogP contribution in [0, 0.1) is 41.2 Å². The molecule has 2 saturated carbocycles. The molecule has 4 rings (SSSR count). The number of fused-ring (bicyclic) bond motifs is 2. The summed E-state index contributed by atoms with van der Waals surface area (Å²) in [6.45, 7) is 2.23. The fourth-order valence-corrected chi connectivity index (χ4v) is 7.32. The highest BCUT2D eigenvalue weighted by Gasteiger charge is 2.46. The van der Waals surface area contributed by atoms with E-state index in [0.29, 0.717) is 24.7 Å². The zero-order valence-electron chi connectivity index (χ0n) is 20.3. The molecule has 192 valence electrons. The molecule has 6 unspecified atom stereocenters. The minimum Gasteiger partial charge on any atom is -0.283 e. The summed E-state index contributed by atoms with van der Waals surface area (Å²) >= 11 is 0. The number of benzene rings is 1. The molecule has 0 aliphatic heterocycles. The van der Waals surface area contributed by atoms with Crippen LogP contribution in [0.4, 0.5) is 22.0 Å². The number of hydrogen-bond acceptors (Lipinski definition) is 1. The van der Waals surface area contributed by atoms with Crippen molar-refractivity contribution >= 4 is 0 Å². The van der Waals surface area contributed by atoms with E-state index in [1.54, 1.807) is 0 Å². The lowest BCUT2D eigenvalue weighted by Gasteiger charge is -2.46. The average molecular weight is 487 g/mol. The van der Waals surface area contributed by atoms with Crippen LogP contribution in [0.15, 0.2) is 12.1 Å². The van der Waals surface area contributed by atoms with Crippen LogP contribution in [0.25, 0.3) is 0 Å². The van der Waals surface area contributed by atoms with E-state index < -0.39 is 24.1 Å². The standard InChI is InChI=1S/C28H39F5O/c1-2-3-4-5-6-7-18-8-9-20-15-21(11-10-19(20)14-18)23-12-13-24-25(16-22(29)17-26(24)30)27(23)34-28(31,32)33/h16-21,23,27H,2-15H2,1H3. The zero-order chi connectivity index (χ0) is 24.3. The van der Waals surface area contributed by atoms with Crippen LogP contribution in [0.3, 0.4) is 0 Å². The van der Waals surface area contributed by atoms with Crippen molar-refractivity contribution in [2.75, 3.05) is 0 Å². The fraction of sp³-hybridized carbons (Fsp3) is 0.786. The van der Waals surface area contributed by atoms with Gasteiger partial charge < -0.3 is 0 Å². The van der Waals surface area contributed by atoms with Crippen LogP contribution in [0.2, 0.25) is 0 Å². The predicted octanol–water partition coefficient (Wildman–Crippen LogP) is 9.30. The normalized spacial score (nSPS) is 31.7. The summed E-state index contributed by atoms with van der Waals surface area (Å²) in [5, 5.41) is 0. The van der Waals surface area contributed by atoms with E-state index in [1.807, 2.05) is 0 Å². The number of halogens is 5. The lowest BCUT2D eigenvalue weighted by molar-refractivity contribution is -0.354. The van der Waals surface area contributed by atoms with Crippen LogP contribution in [-0.4, -0.2) is 6.36 Å². The molecule has 3 aliphatic carbocycles. The fourth-order valence-electron chi connectivity index (χ4n) is 7.32. The van der Waals surface area contributed by atoms with Gasteiger partial charge in [0.05, 0.1) is 6.10 Å². The maximum atomic E-state index is 14.3. The van der Waals surface area contributed by atoms with Crippen LogP contribution in [0.5, 0.6) is 0 Å². The molecule has 6 heteroatoms. The van der Waals surface area contributed by atoms with Gasteiger partial charge in [0.1, 0.15) is 11.6 Å². The number of unbranched alkanes of at least 4 members (excludes halogenated alkanes) is 4. The maximum absolute atomic E-state index is 14.3. The summed E-state index contributed by atoms with van der Waals surface area (Å²) in [7, 11) is 0. The quantitative estimate of drug-likeness (QED) is 0.263. The van der Waals surface area contributed by atoms with Gasteiger partial charge in [0.2, 0.25) is 0 Å². The van der Waals surface area contributed by atoms with Crippen LogP contribution in [0.1, 0.15) is 108 Å². The van der Waals surface area contributed by atoms with Gasteiger partial charge in [0.25, 0.3) is 0 Å². The summed E-state index contributed by atoms with van der Waals surface area (Å²) in [5.41, 5.74) is 0.236. The molecule has 1 aromatic carbocycles. The third kappa shape index (κ3) is 6.33. The summed E-state index contributed by atoms with van der Waals surface area (Å²) in [5.74, 6) is 0.190. The Hall–Kier alpha value is -1.17. The molecule has 0 radical (unpaired) electrons. The second-order valence-corrected chi connectivity index (χ2v) is 11.1. The average Bonchev–Trinajstić information content (AvgIpc) is 2.78. The highest BCUT2D eigenvalue weighted by Crippen LogP contribution is 2.53. The molecule has 1 nitrogen and oxygen atoms in total. The van der Waals surface area contributed by atoms with E-state index in [2.05, 4.69) is 11.7 Å². The van der Waals surface area contributed by atoms with Crippen molar-refractivity contribution in [3.05, 3.63) is 34.9 Å². The SMILES string of the molecule is CCCCCCCC1CCC2CC(C3CCc4c(F)cc(F)cc4C3OC(F)(F)F)CCC2C1. The van der Waals surface area contributed by atoms with Gasteiger partial charge in [-0.3, -0.25) is 4.74 Å². The molecule has 6 atom stereocenters. The first-order valence-corrected chi connectivity index (χ1v) is 13.5. The Morgan fingerprint density at radius 2 is 1.56 bits per heavy atom. The predicted molar refractivity (Wildman–Crippen MR) is 123 cm³/mol. The first-order valence-electron chi connectivity index (χ1n) is 13.5. The first kappa shape index (κ1) is 25.9. The lowest BCUT2D eigenvalue weighted by Crippen LogP contribution is -2.38. The van der Waals surface area contributed by atoms with Gasteiger partial charge >= 0.3 is 6.36 Å². The number of alkyl halides is 3. The molecule has 1 aromatic rings. The number of ether oxygens (including phenoxy) is 1. The van der Waals surface area contributed by atoms with Gasteiger partial charge in [0.15, 0.2) is 0 Å². The van der Waals surface area contributed by atoms with Gasteiger partial charge in [-0.1, -0.05) is 51.9 Å². The Balaban J connectivity index is 1.40. The molecule has 0 amide bonds. The van der Waals surface area contributed by atoms with E-state index in [-0.39, 0.29) is 23.0 Å². The summed E-state index contributed by atoms with van der Waals surface area (Å²) in [6, 6.07) is 1.82. The van der Waals surface area contributed by atoms with E-state index >= 15 is 0 Å². The Bertz CT molecular complexity index is 807. The maximum Gasteiger partial charge on any atom is 0.523 e. The monoisotopic (exact) mass is 486 g/mol. The Kier molecular flexibility index (Phi) is 8.58. The van der Waals surface area contributed by atoms with Crippen LogP contribution < -0.4 is 0 Å². The van der Waals surface area contributed by atoms with Crippen molar-refractivity contribution in [1.82, 2.24) is 0 Å². The van der Waals surface area contributed by atoms with Gasteiger partial charge in [-0.2, -0.15) is 0 Å². The van der Waals surface area contributed by atoms with Crippen molar-refractivity contribution in [2.45, 2.75) is 109 Å². The molecule has 34 heavy (non-hydrogen) atoms. The summed E-state index contributed by atoms with van der Waals surface area (Å²) in [6.07, 6.45) is 9.02. The third-order valence-corrected chi connectivity index (χ3v) is 8.96. The molecule has 2 fully saturated rings. The topological polar surface area (TPSA) is 9.23 Å². The molecule has 0 bridgehead atoms. The van der Waals surface area contributed by atoms with Crippen molar-refractivity contribution in [2.24, 2.45) is 29.6 Å². The smallest absolute Gasteiger partial charge is 0.283 e. The minimum absolute atomic E-state index is 0.0555. The molecule has 0 spiro atoms. The van der Waals surface area contributed by atoms with Crippen LogP contribution >= 0.6 is 0 Å². The highest BCUT2D eigenvalue weighted by molar-refractivity contribution is 5.34. The second-order valence-electron chi connectivity index (χ2n) is 11.1. The Morgan fingerprint density at radius 3 is 2.32 bits per heavy atom. The van der Waals surface area contributed by atoms with E-state index in [1.165, 1.54) is 51.4 Å². The van der Waals surface area contributed by atoms with Gasteiger partial charge in [0, 0.05) is 6.07 Å².